The summed E-state index contributed by atoms with van der Waals surface area (Å²) in [6.45, 7) is 2.50. The number of aliphatic hydroxyl groups excluding tert-OH is 1. The molecule has 0 saturated heterocycles. The molecule has 5 nitrogen and oxygen atoms in total. The van der Waals surface area contributed by atoms with Crippen molar-refractivity contribution < 1.29 is 19.4 Å². The van der Waals surface area contributed by atoms with E-state index in [4.69, 9.17) is 9.47 Å². The first-order valence-electron chi connectivity index (χ1n) is 9.85. The molecule has 0 saturated carbocycles. The zero-order valence-electron chi connectivity index (χ0n) is 16.4. The van der Waals surface area contributed by atoms with Crippen LogP contribution in [0.5, 0.6) is 0 Å². The lowest BCUT2D eigenvalue weighted by Crippen LogP contribution is -2.37. The Hall–Kier alpha value is -1.90. The number of carbonyl (C=O) groups excluding carboxylic acids is 1. The second-order valence-electron chi connectivity index (χ2n) is 6.90. The van der Waals surface area contributed by atoms with Crippen LogP contribution < -0.4 is 5.32 Å². The molecule has 3 atom stereocenters. The van der Waals surface area contributed by atoms with Gasteiger partial charge in [0.1, 0.15) is 0 Å². The predicted octanol–water partition coefficient (Wildman–Crippen LogP) is 4.68. The number of allylic oxidation sites excluding steroid dienone is 1. The number of amides is 1. The highest BCUT2D eigenvalue weighted by Crippen LogP contribution is 2.39. The van der Waals surface area contributed by atoms with Gasteiger partial charge in [0.2, 0.25) is 6.29 Å². The third kappa shape index (κ3) is 5.81. The van der Waals surface area contributed by atoms with E-state index in [2.05, 4.69) is 52.2 Å². The van der Waals surface area contributed by atoms with Crippen LogP contribution in [0.25, 0.3) is 0 Å². The lowest BCUT2D eigenvalue weighted by molar-refractivity contribution is -0.165. The topological polar surface area (TPSA) is 67.8 Å². The Morgan fingerprint density at radius 3 is 2.55 bits per heavy atom. The van der Waals surface area contributed by atoms with E-state index < -0.39 is 6.29 Å². The molecule has 0 aromatic heterocycles. The van der Waals surface area contributed by atoms with E-state index in [9.17, 15) is 9.90 Å². The molecule has 2 aromatic rings. The number of carbonyl (C=O) groups is 1. The van der Waals surface area contributed by atoms with Gasteiger partial charge in [0, 0.05) is 34.3 Å². The van der Waals surface area contributed by atoms with E-state index in [1.807, 2.05) is 43.3 Å². The fourth-order valence-corrected chi connectivity index (χ4v) is 3.90. The van der Waals surface area contributed by atoms with Gasteiger partial charge in [-0.15, -0.1) is 0 Å². The molecule has 29 heavy (non-hydrogen) atoms. The van der Waals surface area contributed by atoms with Crippen molar-refractivity contribution >= 4 is 34.2 Å². The second-order valence-corrected chi connectivity index (χ2v) is 8.15. The second kappa shape index (κ2) is 10.8. The van der Waals surface area contributed by atoms with Crippen LogP contribution in [-0.2, 0) is 14.3 Å². The molecule has 154 valence electrons. The third-order valence-electron chi connectivity index (χ3n) is 4.92. The molecule has 1 aliphatic rings. The van der Waals surface area contributed by atoms with Gasteiger partial charge in [-0.3, -0.25) is 4.79 Å². The normalized spacial score (nSPS) is 21.2. The van der Waals surface area contributed by atoms with Crippen molar-refractivity contribution in [3.63, 3.8) is 0 Å². The van der Waals surface area contributed by atoms with Gasteiger partial charge in [0.05, 0.1) is 0 Å². The Kier molecular flexibility index (Phi) is 8.09. The number of halogens is 1. The van der Waals surface area contributed by atoms with Crippen molar-refractivity contribution in [2.24, 2.45) is 5.92 Å². The summed E-state index contributed by atoms with van der Waals surface area (Å²) >= 11 is 2.28. The maximum atomic E-state index is 12.9. The van der Waals surface area contributed by atoms with E-state index in [0.717, 1.165) is 15.6 Å². The van der Waals surface area contributed by atoms with Crippen LogP contribution in [-0.4, -0.2) is 30.5 Å². The summed E-state index contributed by atoms with van der Waals surface area (Å²) in [6.07, 6.45) is 2.73. The highest BCUT2D eigenvalue weighted by Gasteiger charge is 2.37. The maximum Gasteiger partial charge on any atom is 0.290 e. The Balaban J connectivity index is 1.92. The zero-order valence-corrected chi connectivity index (χ0v) is 18.5. The Bertz CT molecular complexity index is 823. The van der Waals surface area contributed by atoms with Crippen LogP contribution in [0.15, 0.2) is 66.4 Å². The molecule has 1 aliphatic heterocycles. The number of benzene rings is 2. The molecule has 1 amide bonds. The minimum atomic E-state index is -0.544. The van der Waals surface area contributed by atoms with E-state index in [0.29, 0.717) is 18.7 Å². The number of rotatable bonds is 8. The molecule has 1 heterocycles. The Morgan fingerprint density at radius 2 is 1.90 bits per heavy atom. The first-order valence-corrected chi connectivity index (χ1v) is 10.9. The average Bonchev–Trinajstić information content (AvgIpc) is 2.74. The van der Waals surface area contributed by atoms with E-state index in [-0.39, 0.29) is 30.1 Å². The van der Waals surface area contributed by atoms with Crippen molar-refractivity contribution in [1.82, 2.24) is 0 Å². The largest absolute Gasteiger partial charge is 0.459 e. The van der Waals surface area contributed by atoms with Crippen molar-refractivity contribution in [3.05, 3.63) is 75.6 Å². The molecule has 0 spiro atoms. The highest BCUT2D eigenvalue weighted by molar-refractivity contribution is 14.1. The molecule has 2 N–H and O–H groups in total. The lowest BCUT2D eigenvalue weighted by atomic mass is 9.80. The van der Waals surface area contributed by atoms with Gasteiger partial charge < -0.3 is 19.9 Å². The molecule has 0 unspecified atom stereocenters. The quantitative estimate of drug-likeness (QED) is 0.510. The number of hydrogen-bond acceptors (Lipinski definition) is 4. The van der Waals surface area contributed by atoms with Gasteiger partial charge in [0.15, 0.2) is 5.76 Å². The van der Waals surface area contributed by atoms with Crippen LogP contribution in [0.1, 0.15) is 31.2 Å². The predicted molar refractivity (Wildman–Crippen MR) is 121 cm³/mol. The summed E-state index contributed by atoms with van der Waals surface area (Å²) < 4.78 is 13.0. The fraction of sp³-hybridized carbons (Fsp3) is 0.348. The number of nitrogens with one attached hydrogen (secondary N) is 1. The van der Waals surface area contributed by atoms with Gasteiger partial charge in [-0.1, -0.05) is 30.3 Å². The number of hydrogen-bond donors (Lipinski definition) is 2. The van der Waals surface area contributed by atoms with Gasteiger partial charge in [0.25, 0.3) is 5.91 Å². The summed E-state index contributed by atoms with van der Waals surface area (Å²) in [7, 11) is 0. The van der Waals surface area contributed by atoms with E-state index >= 15 is 0 Å². The summed E-state index contributed by atoms with van der Waals surface area (Å²) in [6, 6.07) is 17.6. The molecular formula is C23H26INO4. The van der Waals surface area contributed by atoms with Crippen LogP contribution in [0.3, 0.4) is 0 Å². The van der Waals surface area contributed by atoms with Gasteiger partial charge in [-0.05, 0) is 78.3 Å². The van der Waals surface area contributed by atoms with Crippen molar-refractivity contribution in [3.8, 4) is 0 Å². The van der Waals surface area contributed by atoms with Gasteiger partial charge in [-0.25, -0.2) is 0 Å². The summed E-state index contributed by atoms with van der Waals surface area (Å²) in [5.74, 6) is -0.0658. The van der Waals surface area contributed by atoms with Gasteiger partial charge in [-0.2, -0.15) is 0 Å². The molecule has 2 aromatic carbocycles. The van der Waals surface area contributed by atoms with Crippen LogP contribution in [0.4, 0.5) is 5.69 Å². The van der Waals surface area contributed by atoms with Crippen molar-refractivity contribution in [2.45, 2.75) is 32.0 Å². The van der Waals surface area contributed by atoms with Gasteiger partial charge >= 0.3 is 0 Å². The molecule has 0 aliphatic carbocycles. The fourth-order valence-electron chi connectivity index (χ4n) is 3.54. The highest BCUT2D eigenvalue weighted by atomic mass is 127. The minimum Gasteiger partial charge on any atom is -0.459 e. The lowest BCUT2D eigenvalue weighted by Gasteiger charge is -2.37. The summed E-state index contributed by atoms with van der Waals surface area (Å²) in [4.78, 5) is 12.9. The number of para-hydroxylation sites is 1. The standard InChI is InChI=1S/C23H26INO4/c1-2-28-23-19(9-6-14-26)20(16-10-12-17(24)13-11-16)15-21(29-23)22(27)25-18-7-4-3-5-8-18/h3-5,7-8,10-13,15,19-20,23,26H,2,6,9,14H2,1H3,(H,25,27)/t19-,20-,23-/m0/s1. The van der Waals surface area contributed by atoms with Crippen LogP contribution in [0.2, 0.25) is 0 Å². The Labute approximate surface area is 185 Å². The monoisotopic (exact) mass is 507 g/mol. The molecule has 6 heteroatoms. The number of anilines is 1. The minimum absolute atomic E-state index is 0.00966. The van der Waals surface area contributed by atoms with Crippen LogP contribution in [0, 0.1) is 9.49 Å². The Morgan fingerprint density at radius 1 is 1.17 bits per heavy atom. The smallest absolute Gasteiger partial charge is 0.290 e. The van der Waals surface area contributed by atoms with Crippen molar-refractivity contribution in [2.75, 3.05) is 18.5 Å². The molecular weight excluding hydrogens is 481 g/mol. The summed E-state index contributed by atoms with van der Waals surface area (Å²) in [5, 5.41) is 12.2. The third-order valence-corrected chi connectivity index (χ3v) is 5.64. The van der Waals surface area contributed by atoms with Crippen molar-refractivity contribution in [1.29, 1.82) is 0 Å². The van der Waals surface area contributed by atoms with Crippen LogP contribution >= 0.6 is 22.6 Å². The molecule has 3 rings (SSSR count). The number of aliphatic hydroxyl groups is 1. The maximum absolute atomic E-state index is 12.9. The molecule has 0 radical (unpaired) electrons. The average molecular weight is 507 g/mol. The first kappa shape index (κ1) is 21.8. The number of ether oxygens (including phenoxy) is 2. The summed E-state index contributed by atoms with van der Waals surface area (Å²) in [5.41, 5.74) is 1.81. The first-order chi connectivity index (χ1) is 14.1. The zero-order chi connectivity index (χ0) is 20.6. The molecule has 0 bridgehead atoms. The van der Waals surface area contributed by atoms with E-state index in [1.54, 1.807) is 0 Å². The van der Waals surface area contributed by atoms with E-state index in [1.165, 1.54) is 0 Å². The SMILES string of the molecule is CCO[C@H]1OC(C(=O)Nc2ccccc2)=C[C@@H](c2ccc(I)cc2)[C@@H]1CCCO. The molecule has 0 fully saturated rings.